The van der Waals surface area contributed by atoms with E-state index in [2.05, 4.69) is 15.0 Å². The van der Waals surface area contributed by atoms with Crippen molar-refractivity contribution in [1.29, 1.82) is 0 Å². The van der Waals surface area contributed by atoms with Crippen molar-refractivity contribution in [1.82, 2.24) is 19.5 Å². The van der Waals surface area contributed by atoms with E-state index in [1.165, 1.54) is 13.4 Å². The number of imidazole rings is 1. The number of pyridine rings is 1. The highest BCUT2D eigenvalue weighted by Crippen LogP contribution is 2.29. The van der Waals surface area contributed by atoms with Gasteiger partial charge in [0.2, 0.25) is 11.6 Å². The molecule has 0 aliphatic rings. The third-order valence-corrected chi connectivity index (χ3v) is 4.51. The minimum absolute atomic E-state index is 0.0282. The van der Waals surface area contributed by atoms with Crippen LogP contribution in [0.15, 0.2) is 6.33 Å². The molecule has 8 nitrogen and oxygen atoms in total. The summed E-state index contributed by atoms with van der Waals surface area (Å²) in [6, 6.07) is 0. The molecule has 3 aromatic rings. The molecule has 0 unspecified atom stereocenters. The number of nitrogens with zero attached hydrogens (tertiary/aromatic N) is 5. The van der Waals surface area contributed by atoms with Gasteiger partial charge in [0.25, 0.3) is 5.15 Å². The third kappa shape index (κ3) is 2.47. The Morgan fingerprint density at radius 1 is 1.29 bits per heavy atom. The molecule has 0 atom stereocenters. The number of ether oxygens (including phenoxy) is 1. The minimum Gasteiger partial charge on any atom is -0.617 e. The first-order chi connectivity index (χ1) is 11.3. The Balaban J connectivity index is 2.18. The summed E-state index contributed by atoms with van der Waals surface area (Å²) in [4.78, 5) is 12.2. The van der Waals surface area contributed by atoms with E-state index >= 15 is 0 Å². The molecule has 0 aliphatic carbocycles. The number of nitrogens with two attached hydrogens (primary N) is 1. The second-order valence-corrected chi connectivity index (χ2v) is 5.95. The maximum Gasteiger partial charge on any atom is 0.293 e. The second-order valence-electron chi connectivity index (χ2n) is 5.23. The Morgan fingerprint density at radius 2 is 2.00 bits per heavy atom. The summed E-state index contributed by atoms with van der Waals surface area (Å²) in [6.45, 7) is 3.70. The van der Waals surface area contributed by atoms with Crippen LogP contribution in [0.5, 0.6) is 5.75 Å². The zero-order valence-corrected chi connectivity index (χ0v) is 14.7. The van der Waals surface area contributed by atoms with Gasteiger partial charge in [0.1, 0.15) is 17.8 Å². The number of halogens is 2. The van der Waals surface area contributed by atoms with Crippen LogP contribution in [0.4, 0.5) is 5.95 Å². The van der Waals surface area contributed by atoms with Gasteiger partial charge >= 0.3 is 0 Å². The van der Waals surface area contributed by atoms with Crippen molar-refractivity contribution in [2.45, 2.75) is 20.4 Å². The highest BCUT2D eigenvalue weighted by atomic mass is 35.5. The van der Waals surface area contributed by atoms with Gasteiger partial charge in [-0.2, -0.15) is 14.7 Å². The molecule has 3 rings (SSSR count). The fraction of sp³-hybridized carbons (Fsp3) is 0.286. The number of anilines is 1. The van der Waals surface area contributed by atoms with Crippen molar-refractivity contribution in [2.24, 2.45) is 0 Å². The number of aromatic nitrogens is 5. The predicted octanol–water partition coefficient (Wildman–Crippen LogP) is 2.02. The summed E-state index contributed by atoms with van der Waals surface area (Å²) in [6.07, 6.45) is 1.52. The molecule has 0 amide bonds. The Morgan fingerprint density at radius 3 is 2.67 bits per heavy atom. The summed E-state index contributed by atoms with van der Waals surface area (Å²) in [5, 5.41) is 12.7. The molecule has 0 aliphatic heterocycles. The molecule has 126 valence electrons. The lowest BCUT2D eigenvalue weighted by atomic mass is 10.1. The minimum atomic E-state index is 0.0282. The lowest BCUT2D eigenvalue weighted by Crippen LogP contribution is -2.36. The Labute approximate surface area is 147 Å². The first-order valence-corrected chi connectivity index (χ1v) is 7.69. The number of rotatable bonds is 3. The monoisotopic (exact) mass is 368 g/mol. The van der Waals surface area contributed by atoms with E-state index in [-0.39, 0.29) is 22.8 Å². The normalized spacial score (nSPS) is 11.2. The van der Waals surface area contributed by atoms with Gasteiger partial charge in [0, 0.05) is 0 Å². The van der Waals surface area contributed by atoms with Crippen LogP contribution in [-0.4, -0.2) is 26.6 Å². The zero-order chi connectivity index (χ0) is 17.6. The van der Waals surface area contributed by atoms with Crippen LogP contribution >= 0.6 is 23.2 Å². The molecule has 0 fully saturated rings. The summed E-state index contributed by atoms with van der Waals surface area (Å²) < 4.78 is 7.70. The fourth-order valence-corrected chi connectivity index (χ4v) is 3.03. The molecule has 0 bridgehead atoms. The standard InChI is InChI=1S/C14H14Cl2N6O2/c1-6-8(22(23)12(16)7(2)10(6)24-3)4-21-5-18-9-11(15)19-14(17)20-13(9)21/h5H,4H2,1-3H3,(H2,17,19,20). The molecular formula is C14H14Cl2N6O2. The van der Waals surface area contributed by atoms with E-state index in [0.717, 1.165) is 0 Å². The first-order valence-electron chi connectivity index (χ1n) is 6.94. The highest BCUT2D eigenvalue weighted by Gasteiger charge is 2.24. The fourth-order valence-electron chi connectivity index (χ4n) is 2.62. The molecular weight excluding hydrogens is 355 g/mol. The molecule has 0 saturated heterocycles. The zero-order valence-electron chi connectivity index (χ0n) is 13.2. The van der Waals surface area contributed by atoms with Crippen LogP contribution in [0.2, 0.25) is 10.3 Å². The first kappa shape index (κ1) is 16.5. The summed E-state index contributed by atoms with van der Waals surface area (Å²) in [5.41, 5.74) is 8.16. The van der Waals surface area contributed by atoms with Gasteiger partial charge in [0.05, 0.1) is 24.6 Å². The second kappa shape index (κ2) is 5.95. The summed E-state index contributed by atoms with van der Waals surface area (Å²) in [7, 11) is 1.53. The third-order valence-electron chi connectivity index (χ3n) is 3.81. The van der Waals surface area contributed by atoms with Gasteiger partial charge in [-0.25, -0.2) is 4.98 Å². The molecule has 2 N–H and O–H groups in total. The van der Waals surface area contributed by atoms with Crippen LogP contribution in [0, 0.1) is 19.1 Å². The van der Waals surface area contributed by atoms with Crippen molar-refractivity contribution in [3.8, 4) is 5.75 Å². The van der Waals surface area contributed by atoms with E-state index in [9.17, 15) is 5.21 Å². The van der Waals surface area contributed by atoms with Crippen LogP contribution in [-0.2, 0) is 6.54 Å². The molecule has 0 spiro atoms. The van der Waals surface area contributed by atoms with Crippen molar-refractivity contribution >= 4 is 40.3 Å². The van der Waals surface area contributed by atoms with Crippen molar-refractivity contribution < 1.29 is 9.47 Å². The average Bonchev–Trinajstić information content (AvgIpc) is 2.93. The lowest BCUT2D eigenvalue weighted by Gasteiger charge is -2.15. The van der Waals surface area contributed by atoms with E-state index < -0.39 is 0 Å². The lowest BCUT2D eigenvalue weighted by molar-refractivity contribution is -0.612. The SMILES string of the molecule is COc1c(C)c(Cl)[n+]([O-])c(Cn2cnc3c(Cl)nc(N)nc32)c1C. The van der Waals surface area contributed by atoms with Crippen molar-refractivity contribution in [3.05, 3.63) is 38.7 Å². The highest BCUT2D eigenvalue weighted by molar-refractivity contribution is 6.33. The summed E-state index contributed by atoms with van der Waals surface area (Å²) >= 11 is 12.1. The largest absolute Gasteiger partial charge is 0.617 e. The molecule has 0 radical (unpaired) electrons. The van der Waals surface area contributed by atoms with Crippen LogP contribution in [0.1, 0.15) is 16.8 Å². The maximum atomic E-state index is 12.5. The number of nitrogen functional groups attached to an aromatic ring is 1. The molecule has 24 heavy (non-hydrogen) atoms. The molecule has 0 aromatic carbocycles. The molecule has 0 saturated carbocycles. The molecule has 10 heteroatoms. The van der Waals surface area contributed by atoms with Crippen LogP contribution in [0.3, 0.4) is 0 Å². The van der Waals surface area contributed by atoms with Crippen LogP contribution in [0.25, 0.3) is 11.2 Å². The van der Waals surface area contributed by atoms with E-state index in [0.29, 0.717) is 38.5 Å². The Kier molecular flexibility index (Phi) is 4.10. The van der Waals surface area contributed by atoms with Crippen molar-refractivity contribution in [3.63, 3.8) is 0 Å². The number of methoxy groups -OCH3 is 1. The van der Waals surface area contributed by atoms with Gasteiger partial charge in [-0.1, -0.05) is 11.6 Å². The smallest absolute Gasteiger partial charge is 0.293 e. The van der Waals surface area contributed by atoms with Crippen LogP contribution < -0.4 is 15.2 Å². The number of fused-ring (bicyclic) bond motifs is 1. The summed E-state index contributed by atoms with van der Waals surface area (Å²) in [5.74, 6) is 0.596. The van der Waals surface area contributed by atoms with E-state index in [1.807, 2.05) is 0 Å². The average molecular weight is 369 g/mol. The number of hydrogen-bond donors (Lipinski definition) is 1. The maximum absolute atomic E-state index is 12.5. The van der Waals surface area contributed by atoms with Crippen molar-refractivity contribution in [2.75, 3.05) is 12.8 Å². The van der Waals surface area contributed by atoms with Gasteiger partial charge < -0.3 is 20.2 Å². The topological polar surface area (TPSA) is 106 Å². The molecule has 3 aromatic heterocycles. The quantitative estimate of drug-likeness (QED) is 0.328. The molecule has 3 heterocycles. The van der Waals surface area contributed by atoms with Gasteiger partial charge in [-0.15, -0.1) is 0 Å². The Hall–Kier alpha value is -2.32. The van der Waals surface area contributed by atoms with E-state index in [1.54, 1.807) is 18.4 Å². The van der Waals surface area contributed by atoms with Gasteiger partial charge in [-0.05, 0) is 25.4 Å². The van der Waals surface area contributed by atoms with Gasteiger partial charge in [0.15, 0.2) is 10.8 Å². The number of hydrogen-bond acceptors (Lipinski definition) is 6. The Bertz CT molecular complexity index is 957. The predicted molar refractivity (Wildman–Crippen MR) is 90.3 cm³/mol. The van der Waals surface area contributed by atoms with Gasteiger partial charge in [-0.3, -0.25) is 0 Å². The van der Waals surface area contributed by atoms with E-state index in [4.69, 9.17) is 33.7 Å².